The molecule has 0 aliphatic carbocycles. The summed E-state index contributed by atoms with van der Waals surface area (Å²) < 4.78 is 27.0. The molecular formula is C9H11NO4S. The maximum Gasteiger partial charge on any atom is 0.339 e. The number of nitrogens with two attached hydrogens (primary N) is 1. The minimum absolute atomic E-state index is 0.0559. The van der Waals surface area contributed by atoms with E-state index in [0.29, 0.717) is 0 Å². The van der Waals surface area contributed by atoms with Crippen LogP contribution in [0.25, 0.3) is 0 Å². The molecule has 0 bridgehead atoms. The van der Waals surface area contributed by atoms with Crippen molar-refractivity contribution in [2.75, 3.05) is 19.1 Å². The fourth-order valence-corrected chi connectivity index (χ4v) is 1.99. The van der Waals surface area contributed by atoms with Gasteiger partial charge in [-0.05, 0) is 12.1 Å². The Morgan fingerprint density at radius 1 is 1.40 bits per heavy atom. The van der Waals surface area contributed by atoms with Gasteiger partial charge in [0.15, 0.2) is 9.84 Å². The van der Waals surface area contributed by atoms with Crippen LogP contribution in [0.4, 0.5) is 5.69 Å². The highest BCUT2D eigenvalue weighted by Gasteiger charge is 2.18. The van der Waals surface area contributed by atoms with Gasteiger partial charge in [0.2, 0.25) is 0 Å². The number of methoxy groups -OCH3 is 1. The lowest BCUT2D eigenvalue weighted by atomic mass is 10.2. The van der Waals surface area contributed by atoms with Crippen LogP contribution in [0.1, 0.15) is 10.4 Å². The van der Waals surface area contributed by atoms with Crippen molar-refractivity contribution < 1.29 is 17.9 Å². The normalized spacial score (nSPS) is 11.1. The Morgan fingerprint density at radius 3 is 2.47 bits per heavy atom. The number of hydrogen-bond donors (Lipinski definition) is 1. The van der Waals surface area contributed by atoms with Crippen LogP contribution in [0.15, 0.2) is 23.1 Å². The number of para-hydroxylation sites is 1. The van der Waals surface area contributed by atoms with Gasteiger partial charge in [-0.1, -0.05) is 6.07 Å². The molecule has 6 heteroatoms. The Kier molecular flexibility index (Phi) is 2.99. The van der Waals surface area contributed by atoms with E-state index < -0.39 is 15.8 Å². The lowest BCUT2D eigenvalue weighted by Crippen LogP contribution is -2.10. The first-order chi connectivity index (χ1) is 6.88. The minimum atomic E-state index is -3.43. The SMILES string of the molecule is COC(=O)c1cccc(S(C)(=O)=O)c1N. The van der Waals surface area contributed by atoms with Gasteiger partial charge in [-0.3, -0.25) is 0 Å². The Morgan fingerprint density at radius 2 is 2.00 bits per heavy atom. The quantitative estimate of drug-likeness (QED) is 0.588. The van der Waals surface area contributed by atoms with Gasteiger partial charge in [0.05, 0.1) is 23.3 Å². The second kappa shape index (κ2) is 3.90. The van der Waals surface area contributed by atoms with Gasteiger partial charge in [-0.25, -0.2) is 13.2 Å². The minimum Gasteiger partial charge on any atom is -0.465 e. The molecule has 0 spiro atoms. The van der Waals surface area contributed by atoms with Crippen molar-refractivity contribution in [3.8, 4) is 0 Å². The van der Waals surface area contributed by atoms with E-state index in [4.69, 9.17) is 5.73 Å². The first kappa shape index (κ1) is 11.5. The van der Waals surface area contributed by atoms with Crippen molar-refractivity contribution in [1.82, 2.24) is 0 Å². The zero-order chi connectivity index (χ0) is 11.6. The van der Waals surface area contributed by atoms with E-state index in [2.05, 4.69) is 4.74 Å². The van der Waals surface area contributed by atoms with Crippen molar-refractivity contribution >= 4 is 21.5 Å². The molecule has 15 heavy (non-hydrogen) atoms. The number of carbonyl (C=O) groups is 1. The zero-order valence-corrected chi connectivity index (χ0v) is 9.17. The summed E-state index contributed by atoms with van der Waals surface area (Å²) in [5, 5.41) is 0. The number of hydrogen-bond acceptors (Lipinski definition) is 5. The van der Waals surface area contributed by atoms with E-state index in [1.54, 1.807) is 0 Å². The van der Waals surface area contributed by atoms with E-state index in [9.17, 15) is 13.2 Å². The molecule has 1 aromatic rings. The first-order valence-corrected chi connectivity index (χ1v) is 5.94. The molecule has 0 saturated carbocycles. The van der Waals surface area contributed by atoms with Crippen molar-refractivity contribution in [1.29, 1.82) is 0 Å². The Balaban J connectivity index is 3.43. The lowest BCUT2D eigenvalue weighted by Gasteiger charge is -2.07. The van der Waals surface area contributed by atoms with Crippen molar-refractivity contribution in [3.63, 3.8) is 0 Å². The highest BCUT2D eigenvalue weighted by Crippen LogP contribution is 2.22. The van der Waals surface area contributed by atoms with Gasteiger partial charge in [-0.15, -0.1) is 0 Å². The fourth-order valence-electron chi connectivity index (χ4n) is 1.16. The number of rotatable bonds is 2. The molecular weight excluding hydrogens is 218 g/mol. The summed E-state index contributed by atoms with van der Waals surface area (Å²) in [6.45, 7) is 0. The maximum atomic E-state index is 11.3. The molecule has 1 aromatic carbocycles. The van der Waals surface area contributed by atoms with Crippen LogP contribution in [0.2, 0.25) is 0 Å². The predicted molar refractivity (Wildman–Crippen MR) is 55.3 cm³/mol. The van der Waals surface area contributed by atoms with Crippen LogP contribution in [-0.2, 0) is 14.6 Å². The fraction of sp³-hybridized carbons (Fsp3) is 0.222. The number of anilines is 1. The largest absolute Gasteiger partial charge is 0.465 e. The Hall–Kier alpha value is -1.56. The van der Waals surface area contributed by atoms with Gasteiger partial charge < -0.3 is 10.5 Å². The first-order valence-electron chi connectivity index (χ1n) is 4.04. The number of ether oxygens (including phenoxy) is 1. The summed E-state index contributed by atoms with van der Waals surface area (Å²) in [5.41, 5.74) is 5.54. The van der Waals surface area contributed by atoms with E-state index in [1.165, 1.54) is 25.3 Å². The second-order valence-electron chi connectivity index (χ2n) is 2.98. The third kappa shape index (κ3) is 2.27. The highest BCUT2D eigenvalue weighted by molar-refractivity contribution is 7.90. The highest BCUT2D eigenvalue weighted by atomic mass is 32.2. The van der Waals surface area contributed by atoms with Gasteiger partial charge in [-0.2, -0.15) is 0 Å². The van der Waals surface area contributed by atoms with Crippen LogP contribution in [0.5, 0.6) is 0 Å². The van der Waals surface area contributed by atoms with Crippen molar-refractivity contribution in [2.45, 2.75) is 4.90 Å². The topological polar surface area (TPSA) is 86.5 Å². The van der Waals surface area contributed by atoms with Crippen LogP contribution in [-0.4, -0.2) is 27.8 Å². The molecule has 5 nitrogen and oxygen atoms in total. The second-order valence-corrected chi connectivity index (χ2v) is 4.97. The summed E-state index contributed by atoms with van der Waals surface area (Å²) in [6, 6.07) is 4.20. The van der Waals surface area contributed by atoms with Gasteiger partial charge in [0.25, 0.3) is 0 Å². The van der Waals surface area contributed by atoms with Crippen LogP contribution < -0.4 is 5.73 Å². The molecule has 0 aromatic heterocycles. The number of esters is 1. The summed E-state index contributed by atoms with van der Waals surface area (Å²) in [4.78, 5) is 11.2. The summed E-state index contributed by atoms with van der Waals surface area (Å²) in [5.74, 6) is -0.655. The summed E-state index contributed by atoms with van der Waals surface area (Å²) >= 11 is 0. The van der Waals surface area contributed by atoms with E-state index in [-0.39, 0.29) is 16.1 Å². The molecule has 0 fully saturated rings. The summed E-state index contributed by atoms with van der Waals surface area (Å²) in [6.07, 6.45) is 1.03. The van der Waals surface area contributed by atoms with Crippen molar-refractivity contribution in [2.24, 2.45) is 0 Å². The van der Waals surface area contributed by atoms with Gasteiger partial charge >= 0.3 is 5.97 Å². The van der Waals surface area contributed by atoms with Gasteiger partial charge in [0.1, 0.15) is 0 Å². The molecule has 1 rings (SSSR count). The molecule has 0 aliphatic heterocycles. The standard InChI is InChI=1S/C9H11NO4S/c1-14-9(11)6-4-3-5-7(8(6)10)15(2,12)13/h3-5H,10H2,1-2H3. The molecule has 0 heterocycles. The number of benzene rings is 1. The molecule has 2 N–H and O–H groups in total. The van der Waals surface area contributed by atoms with Crippen molar-refractivity contribution in [3.05, 3.63) is 23.8 Å². The van der Waals surface area contributed by atoms with Gasteiger partial charge in [0, 0.05) is 6.26 Å². The Labute approximate surface area is 87.8 Å². The lowest BCUT2D eigenvalue weighted by molar-refractivity contribution is 0.0601. The van der Waals surface area contributed by atoms with Crippen LogP contribution in [0, 0.1) is 0 Å². The van der Waals surface area contributed by atoms with E-state index in [1.807, 2.05) is 0 Å². The zero-order valence-electron chi connectivity index (χ0n) is 8.35. The average molecular weight is 229 g/mol. The monoisotopic (exact) mass is 229 g/mol. The van der Waals surface area contributed by atoms with Crippen LogP contribution >= 0.6 is 0 Å². The predicted octanol–water partition coefficient (Wildman–Crippen LogP) is 0.459. The van der Waals surface area contributed by atoms with Crippen LogP contribution in [0.3, 0.4) is 0 Å². The average Bonchev–Trinajstić information content (AvgIpc) is 2.15. The summed E-state index contributed by atoms with van der Waals surface area (Å²) in [7, 11) is -2.23. The maximum absolute atomic E-state index is 11.3. The molecule has 0 atom stereocenters. The molecule has 0 aliphatic rings. The Bertz CT molecular complexity index is 493. The third-order valence-corrected chi connectivity index (χ3v) is 3.03. The third-order valence-electron chi connectivity index (χ3n) is 1.87. The molecule has 0 amide bonds. The molecule has 0 saturated heterocycles. The smallest absolute Gasteiger partial charge is 0.339 e. The number of carbonyl (C=O) groups excluding carboxylic acids is 1. The molecule has 0 unspecified atom stereocenters. The number of sulfone groups is 1. The van der Waals surface area contributed by atoms with E-state index in [0.717, 1.165) is 6.26 Å². The van der Waals surface area contributed by atoms with E-state index >= 15 is 0 Å². The number of nitrogen functional groups attached to an aromatic ring is 1. The molecule has 0 radical (unpaired) electrons. The molecule has 82 valence electrons.